The summed E-state index contributed by atoms with van der Waals surface area (Å²) in [5.74, 6) is -1.29. The van der Waals surface area contributed by atoms with Crippen LogP contribution < -0.4 is 16.8 Å². The number of carbonyl (C=O) groups is 3. The van der Waals surface area contributed by atoms with E-state index >= 15 is 0 Å². The van der Waals surface area contributed by atoms with Crippen LogP contribution in [-0.2, 0) is 9.59 Å². The first-order chi connectivity index (χ1) is 12.8. The number of nitrogens with one attached hydrogen (secondary N) is 2. The second-order valence-corrected chi connectivity index (χ2v) is 6.65. The second kappa shape index (κ2) is 12.8. The molecule has 0 aliphatic heterocycles. The third kappa shape index (κ3) is 8.01. The molecule has 0 spiro atoms. The van der Waals surface area contributed by atoms with Gasteiger partial charge in [0.15, 0.2) is 5.96 Å². The van der Waals surface area contributed by atoms with E-state index in [4.69, 9.17) is 16.9 Å². The summed E-state index contributed by atoms with van der Waals surface area (Å²) in [5, 5.41) is 9.76. The van der Waals surface area contributed by atoms with Crippen molar-refractivity contribution in [2.24, 2.45) is 17.4 Å². The molecule has 0 aliphatic carbocycles. The molecular formula is C18H29ClN6O3. The van der Waals surface area contributed by atoms with Crippen LogP contribution in [0.4, 0.5) is 0 Å². The molecule has 2 amide bonds. The van der Waals surface area contributed by atoms with Crippen molar-refractivity contribution in [2.75, 3.05) is 6.54 Å². The molecule has 6 N–H and O–H groups in total. The number of pyridine rings is 1. The van der Waals surface area contributed by atoms with Gasteiger partial charge in [-0.05, 0) is 37.3 Å². The molecular weight excluding hydrogens is 384 g/mol. The van der Waals surface area contributed by atoms with Crippen LogP contribution in [0.5, 0.6) is 0 Å². The Balaban J connectivity index is 0.00000729. The molecule has 0 unspecified atom stereocenters. The van der Waals surface area contributed by atoms with Crippen molar-refractivity contribution in [2.45, 2.75) is 45.2 Å². The number of nitrogens with two attached hydrogens (primary N) is 2. The monoisotopic (exact) mass is 412 g/mol. The van der Waals surface area contributed by atoms with Gasteiger partial charge in [0.05, 0.1) is 12.1 Å². The molecule has 28 heavy (non-hydrogen) atoms. The van der Waals surface area contributed by atoms with E-state index in [0.717, 1.165) is 4.90 Å². The molecule has 1 aromatic heterocycles. The highest BCUT2D eigenvalue weighted by atomic mass is 35.5. The van der Waals surface area contributed by atoms with Crippen LogP contribution >= 0.6 is 12.4 Å². The molecule has 1 heterocycles. The summed E-state index contributed by atoms with van der Waals surface area (Å²) >= 11 is 0. The maximum atomic E-state index is 12.9. The van der Waals surface area contributed by atoms with E-state index in [1.54, 1.807) is 12.1 Å². The van der Waals surface area contributed by atoms with E-state index < -0.39 is 23.9 Å². The third-order valence-corrected chi connectivity index (χ3v) is 3.86. The summed E-state index contributed by atoms with van der Waals surface area (Å²) in [6.07, 6.45) is 3.05. The lowest BCUT2D eigenvalue weighted by atomic mass is 10.0. The van der Waals surface area contributed by atoms with Crippen LogP contribution in [0.3, 0.4) is 0 Å². The van der Waals surface area contributed by atoms with Crippen molar-refractivity contribution in [1.29, 1.82) is 5.41 Å². The molecule has 10 heteroatoms. The highest BCUT2D eigenvalue weighted by molar-refractivity contribution is 6.06. The van der Waals surface area contributed by atoms with Crippen LogP contribution in [0.2, 0.25) is 0 Å². The number of hydrogen-bond acceptors (Lipinski definition) is 6. The third-order valence-electron chi connectivity index (χ3n) is 3.86. The van der Waals surface area contributed by atoms with Crippen LogP contribution in [0, 0.1) is 11.3 Å². The highest BCUT2D eigenvalue weighted by Gasteiger charge is 2.34. The summed E-state index contributed by atoms with van der Waals surface area (Å²) in [5.41, 5.74) is 11.3. The van der Waals surface area contributed by atoms with Gasteiger partial charge in [-0.25, -0.2) is 0 Å². The zero-order valence-corrected chi connectivity index (χ0v) is 16.9. The minimum Gasteiger partial charge on any atom is -0.370 e. The van der Waals surface area contributed by atoms with Gasteiger partial charge in [0.1, 0.15) is 12.0 Å². The number of guanidine groups is 1. The Morgan fingerprint density at radius 1 is 1.36 bits per heavy atom. The molecule has 0 radical (unpaired) electrons. The molecule has 0 bridgehead atoms. The van der Waals surface area contributed by atoms with Gasteiger partial charge in [-0.1, -0.05) is 19.9 Å². The molecule has 1 aromatic rings. The molecule has 0 saturated carbocycles. The van der Waals surface area contributed by atoms with Gasteiger partial charge in [-0.2, -0.15) is 0 Å². The first-order valence-corrected chi connectivity index (χ1v) is 8.85. The summed E-state index contributed by atoms with van der Waals surface area (Å²) in [7, 11) is 0. The van der Waals surface area contributed by atoms with Crippen LogP contribution in [-0.4, -0.2) is 52.6 Å². The molecule has 0 saturated heterocycles. The number of aldehydes is 1. The van der Waals surface area contributed by atoms with Gasteiger partial charge in [-0.15, -0.1) is 12.4 Å². The summed E-state index contributed by atoms with van der Waals surface area (Å²) < 4.78 is 0. The van der Waals surface area contributed by atoms with Crippen molar-refractivity contribution in [3.8, 4) is 0 Å². The lowest BCUT2D eigenvalue weighted by Crippen LogP contribution is -2.53. The molecule has 0 fully saturated rings. The fourth-order valence-corrected chi connectivity index (χ4v) is 2.61. The first-order valence-electron chi connectivity index (χ1n) is 8.85. The van der Waals surface area contributed by atoms with Crippen LogP contribution in [0.15, 0.2) is 24.4 Å². The van der Waals surface area contributed by atoms with E-state index in [-0.39, 0.29) is 36.4 Å². The molecule has 1 rings (SSSR count). The number of amides is 2. The molecule has 9 nitrogen and oxygen atoms in total. The fraction of sp³-hybridized carbons (Fsp3) is 0.500. The van der Waals surface area contributed by atoms with Crippen molar-refractivity contribution in [3.05, 3.63) is 30.1 Å². The van der Waals surface area contributed by atoms with Crippen LogP contribution in [0.1, 0.15) is 43.6 Å². The number of rotatable bonds is 10. The minimum absolute atomic E-state index is 0. The second-order valence-electron chi connectivity index (χ2n) is 6.65. The largest absolute Gasteiger partial charge is 0.370 e. The Hall–Kier alpha value is -2.52. The number of aromatic nitrogens is 1. The zero-order valence-electron chi connectivity index (χ0n) is 16.1. The van der Waals surface area contributed by atoms with Crippen LogP contribution in [0.25, 0.3) is 0 Å². The molecule has 0 aliphatic rings. The number of hydrogen-bond donors (Lipinski definition) is 4. The number of carbonyl (C=O) groups excluding carboxylic acids is 3. The van der Waals surface area contributed by atoms with E-state index in [9.17, 15) is 14.4 Å². The predicted octanol–water partition coefficient (Wildman–Crippen LogP) is 0.676. The normalized spacial score (nSPS) is 12.4. The quantitative estimate of drug-likeness (QED) is 0.190. The predicted molar refractivity (Wildman–Crippen MR) is 109 cm³/mol. The van der Waals surface area contributed by atoms with Crippen molar-refractivity contribution < 1.29 is 14.4 Å². The maximum absolute atomic E-state index is 12.9. The first kappa shape index (κ1) is 25.5. The van der Waals surface area contributed by atoms with Gasteiger partial charge in [0.2, 0.25) is 5.91 Å². The summed E-state index contributed by atoms with van der Waals surface area (Å²) in [4.78, 5) is 42.3. The van der Waals surface area contributed by atoms with Crippen molar-refractivity contribution in [3.63, 3.8) is 0 Å². The van der Waals surface area contributed by atoms with E-state index in [1.165, 1.54) is 12.3 Å². The minimum atomic E-state index is -0.973. The van der Waals surface area contributed by atoms with Crippen molar-refractivity contribution in [1.82, 2.24) is 15.2 Å². The Labute approximate surface area is 171 Å². The molecule has 156 valence electrons. The van der Waals surface area contributed by atoms with Gasteiger partial charge >= 0.3 is 0 Å². The number of halogens is 1. The summed E-state index contributed by atoms with van der Waals surface area (Å²) in [6.45, 7) is 4.18. The van der Waals surface area contributed by atoms with E-state index in [1.807, 2.05) is 13.8 Å². The number of nitrogens with zero attached hydrogens (tertiary/aromatic N) is 2. The smallest absolute Gasteiger partial charge is 0.279 e. The topological polar surface area (TPSA) is 155 Å². The Kier molecular flexibility index (Phi) is 11.6. The number of imide groups is 1. The zero-order chi connectivity index (χ0) is 20.4. The van der Waals surface area contributed by atoms with Gasteiger partial charge in [0.25, 0.3) is 5.91 Å². The Bertz CT molecular complexity index is 656. The van der Waals surface area contributed by atoms with E-state index in [0.29, 0.717) is 25.7 Å². The molecule has 0 aromatic carbocycles. The Morgan fingerprint density at radius 3 is 2.54 bits per heavy atom. The Morgan fingerprint density at radius 2 is 2.04 bits per heavy atom. The van der Waals surface area contributed by atoms with E-state index in [2.05, 4.69) is 10.3 Å². The summed E-state index contributed by atoms with van der Waals surface area (Å²) in [6, 6.07) is 2.90. The standard InChI is InChI=1S/C18H28N6O3.ClH/c1-12(2)10-14(19)16(26)24(17(27)15-7-3-4-8-22-15)13(11-25)6-5-9-23-18(20)21;/h3-4,7-8,11-14H,5-6,9-10,19H2,1-2H3,(H4,20,21,23);1H/t13-,14-;/m0./s1. The van der Waals surface area contributed by atoms with Gasteiger partial charge < -0.3 is 21.6 Å². The van der Waals surface area contributed by atoms with Gasteiger partial charge in [0, 0.05) is 12.7 Å². The molecule has 2 atom stereocenters. The lowest BCUT2D eigenvalue weighted by molar-refractivity contribution is -0.135. The van der Waals surface area contributed by atoms with Crippen molar-refractivity contribution >= 4 is 36.5 Å². The SMILES string of the molecule is CC(C)C[C@H](N)C(=O)N(C(=O)c1ccccn1)[C@H](C=O)CCCNC(=N)N.Cl. The maximum Gasteiger partial charge on any atom is 0.279 e. The lowest BCUT2D eigenvalue weighted by Gasteiger charge is -2.29. The average Bonchev–Trinajstić information content (AvgIpc) is 2.63. The average molecular weight is 413 g/mol. The fourth-order valence-electron chi connectivity index (χ4n) is 2.61. The highest BCUT2D eigenvalue weighted by Crippen LogP contribution is 2.14. The van der Waals surface area contributed by atoms with Gasteiger partial charge in [-0.3, -0.25) is 24.9 Å².